The van der Waals surface area contributed by atoms with Crippen LogP contribution >= 0.6 is 0 Å². The number of guanidine groups is 2. The third-order valence-electron chi connectivity index (χ3n) is 0.468. The molecule has 1 aliphatic rings. The van der Waals surface area contributed by atoms with E-state index in [4.69, 9.17) is 11.1 Å². The van der Waals surface area contributed by atoms with Crippen molar-refractivity contribution in [1.82, 2.24) is 0 Å². The first kappa shape index (κ1) is 3.91. The second-order valence-corrected chi connectivity index (χ2v) is 0.994. The van der Waals surface area contributed by atoms with E-state index < -0.39 is 0 Å². The highest BCUT2D eigenvalue weighted by Crippen LogP contribution is 1.90. The molecule has 0 bridgehead atoms. The predicted octanol–water partition coefficient (Wildman–Crippen LogP) is -0.298. The fraction of sp³-hybridized carbons (Fsp3) is 0. The lowest BCUT2D eigenvalue weighted by atomic mass is 11.0. The maximum absolute atomic E-state index is 6.65. The summed E-state index contributed by atoms with van der Waals surface area (Å²) in [5.74, 6) is -0.0671. The fourth-order valence-corrected chi connectivity index (χ4v) is 0.252. The summed E-state index contributed by atoms with van der Waals surface area (Å²) in [4.78, 5) is 3.33. The van der Waals surface area contributed by atoms with Crippen LogP contribution in [0.5, 0.6) is 0 Å². The first-order valence-electron chi connectivity index (χ1n) is 1.63. The van der Waals surface area contributed by atoms with E-state index in [9.17, 15) is 0 Å². The van der Waals surface area contributed by atoms with Gasteiger partial charge in [0, 0.05) is 0 Å². The van der Waals surface area contributed by atoms with Gasteiger partial charge in [0.05, 0.1) is 0 Å². The number of hydrogen-bond acceptors (Lipinski definition) is 3. The number of nitrogens with two attached hydrogens (primary N) is 1. The van der Waals surface area contributed by atoms with E-state index >= 15 is 0 Å². The van der Waals surface area contributed by atoms with Gasteiger partial charge in [0.1, 0.15) is 0 Å². The van der Waals surface area contributed by atoms with Gasteiger partial charge in [-0.05, 0) is 0 Å². The minimum Gasteiger partial charge on any atom is -0.366 e. The van der Waals surface area contributed by atoms with Crippen LogP contribution in [0.25, 0.3) is 0 Å². The summed E-state index contributed by atoms with van der Waals surface area (Å²) in [7, 11) is 0. The molecule has 1 heterocycles. The number of aliphatic imine (C=N–C) groups is 1. The summed E-state index contributed by atoms with van der Waals surface area (Å²) in [6.07, 6.45) is 0. The molecule has 1 aliphatic heterocycles. The number of rotatable bonds is 0. The summed E-state index contributed by atoms with van der Waals surface area (Å²) in [6, 6.07) is 0. The Morgan fingerprint density at radius 1 is 1.43 bits per heavy atom. The predicted molar refractivity (Wildman–Crippen MR) is 24.2 cm³/mol. The smallest absolute Gasteiger partial charge is 0.264 e. The van der Waals surface area contributed by atoms with Crippen LogP contribution in [0.3, 0.4) is 0 Å². The standard InChI is InChI=1S/C2H3N5/c3-1-5-2(4)7-6-1/h(H3,3,4,5). The third kappa shape index (κ3) is 0.594. The molecule has 36 valence electrons. The Hall–Kier alpha value is -1.26. The third-order valence-corrected chi connectivity index (χ3v) is 0.468. The maximum Gasteiger partial charge on any atom is 0.264 e. The highest BCUT2D eigenvalue weighted by atomic mass is 15.3. The lowest BCUT2D eigenvalue weighted by Crippen LogP contribution is -2.03. The Kier molecular flexibility index (Phi) is 0.619. The van der Waals surface area contributed by atoms with Gasteiger partial charge in [-0.15, -0.1) is 10.2 Å². The first-order valence-corrected chi connectivity index (χ1v) is 1.63. The van der Waals surface area contributed by atoms with Crippen LogP contribution in [0, 0.1) is 5.41 Å². The highest BCUT2D eigenvalue weighted by molar-refractivity contribution is 5.97. The van der Waals surface area contributed by atoms with Crippen molar-refractivity contribution in [3.05, 3.63) is 0 Å². The molecule has 5 nitrogen and oxygen atoms in total. The number of nitrogens with zero attached hydrogens (tertiary/aromatic N) is 3. The molecular formula is C2H3N5. The molecular weight excluding hydrogens is 94.1 g/mol. The van der Waals surface area contributed by atoms with E-state index in [-0.39, 0.29) is 11.9 Å². The molecule has 0 aromatic carbocycles. The van der Waals surface area contributed by atoms with Crippen LogP contribution in [-0.2, 0) is 0 Å². The first-order chi connectivity index (χ1) is 3.29. The molecule has 0 fully saturated rings. The van der Waals surface area contributed by atoms with Gasteiger partial charge in [0.25, 0.3) is 5.96 Å². The number of azo groups is 1. The second-order valence-electron chi connectivity index (χ2n) is 0.994. The molecule has 1 rings (SSSR count). The van der Waals surface area contributed by atoms with Crippen LogP contribution in [-0.4, -0.2) is 11.9 Å². The Balaban J connectivity index is 2.88. The van der Waals surface area contributed by atoms with Crippen LogP contribution in [0.2, 0.25) is 0 Å². The van der Waals surface area contributed by atoms with E-state index in [0.717, 1.165) is 0 Å². The summed E-state index contributed by atoms with van der Waals surface area (Å²) in [6.45, 7) is 0. The summed E-state index contributed by atoms with van der Waals surface area (Å²) in [5, 5.41) is 13.1. The SMILES string of the molecule is N=C1N=NC(N)=N1. The summed E-state index contributed by atoms with van der Waals surface area (Å²) >= 11 is 0. The molecule has 0 radical (unpaired) electrons. The lowest BCUT2D eigenvalue weighted by molar-refractivity contribution is 1.32. The summed E-state index contributed by atoms with van der Waals surface area (Å²) in [5.41, 5.74) is 4.97. The monoisotopic (exact) mass is 97.0 g/mol. The van der Waals surface area contributed by atoms with Gasteiger partial charge in [0.15, 0.2) is 0 Å². The normalized spacial score (nSPS) is 17.7. The van der Waals surface area contributed by atoms with Gasteiger partial charge in [-0.1, -0.05) is 0 Å². The van der Waals surface area contributed by atoms with Crippen LogP contribution in [0.4, 0.5) is 0 Å². The maximum atomic E-state index is 6.65. The quantitative estimate of drug-likeness (QED) is 0.427. The Morgan fingerprint density at radius 2 is 2.14 bits per heavy atom. The van der Waals surface area contributed by atoms with Crippen molar-refractivity contribution < 1.29 is 0 Å². The minimum absolute atomic E-state index is 0.0602. The van der Waals surface area contributed by atoms with Crippen LogP contribution in [0.1, 0.15) is 0 Å². The molecule has 0 saturated carbocycles. The molecule has 0 amide bonds. The van der Waals surface area contributed by atoms with E-state index in [0.29, 0.717) is 0 Å². The van der Waals surface area contributed by atoms with Gasteiger partial charge in [-0.25, -0.2) is 0 Å². The average molecular weight is 97.1 g/mol. The molecule has 0 spiro atoms. The molecule has 0 aromatic heterocycles. The highest BCUT2D eigenvalue weighted by Gasteiger charge is 1.98. The molecule has 0 unspecified atom stereocenters. The van der Waals surface area contributed by atoms with Gasteiger partial charge in [-0.3, -0.25) is 5.41 Å². The largest absolute Gasteiger partial charge is 0.366 e. The molecule has 3 N–H and O–H groups in total. The van der Waals surface area contributed by atoms with Gasteiger partial charge in [0.2, 0.25) is 5.96 Å². The average Bonchev–Trinajstić information content (AvgIpc) is 1.87. The second kappa shape index (κ2) is 1.11. The Morgan fingerprint density at radius 3 is 2.29 bits per heavy atom. The van der Waals surface area contributed by atoms with Crippen molar-refractivity contribution in [2.75, 3.05) is 0 Å². The van der Waals surface area contributed by atoms with Crippen molar-refractivity contribution >= 4 is 11.9 Å². The van der Waals surface area contributed by atoms with E-state index in [1.54, 1.807) is 0 Å². The van der Waals surface area contributed by atoms with E-state index in [1.165, 1.54) is 0 Å². The molecule has 0 aliphatic carbocycles. The zero-order chi connectivity index (χ0) is 5.28. The minimum atomic E-state index is -0.127. The zero-order valence-corrected chi connectivity index (χ0v) is 3.42. The Labute approximate surface area is 39.5 Å². The fourth-order valence-electron chi connectivity index (χ4n) is 0.252. The molecule has 7 heavy (non-hydrogen) atoms. The number of nitrogens with one attached hydrogen (secondary N) is 1. The molecule has 0 atom stereocenters. The number of hydrogen-bond donors (Lipinski definition) is 2. The topological polar surface area (TPSA) is 87.0 Å². The Bertz CT molecular complexity index is 153. The summed E-state index contributed by atoms with van der Waals surface area (Å²) < 4.78 is 0. The molecule has 0 saturated heterocycles. The van der Waals surface area contributed by atoms with Crippen molar-refractivity contribution in [3.8, 4) is 0 Å². The van der Waals surface area contributed by atoms with Crippen LogP contribution < -0.4 is 5.73 Å². The van der Waals surface area contributed by atoms with Crippen molar-refractivity contribution in [2.24, 2.45) is 21.0 Å². The zero-order valence-electron chi connectivity index (χ0n) is 3.42. The van der Waals surface area contributed by atoms with Gasteiger partial charge >= 0.3 is 0 Å². The van der Waals surface area contributed by atoms with E-state index in [1.807, 2.05) is 0 Å². The van der Waals surface area contributed by atoms with Gasteiger partial charge < -0.3 is 5.73 Å². The van der Waals surface area contributed by atoms with Crippen molar-refractivity contribution in [3.63, 3.8) is 0 Å². The van der Waals surface area contributed by atoms with Crippen molar-refractivity contribution in [1.29, 1.82) is 5.41 Å². The molecule has 0 aromatic rings. The lowest BCUT2D eigenvalue weighted by Gasteiger charge is -1.70. The van der Waals surface area contributed by atoms with Crippen molar-refractivity contribution in [2.45, 2.75) is 0 Å². The van der Waals surface area contributed by atoms with Gasteiger partial charge in [-0.2, -0.15) is 4.99 Å². The van der Waals surface area contributed by atoms with E-state index in [2.05, 4.69) is 15.2 Å². The molecule has 5 heteroatoms. The van der Waals surface area contributed by atoms with Crippen LogP contribution in [0.15, 0.2) is 15.2 Å².